The second-order valence-electron chi connectivity index (χ2n) is 3.88. The molecule has 3 heteroatoms. The maximum absolute atomic E-state index is 11.1. The zero-order valence-electron chi connectivity index (χ0n) is 8.27. The summed E-state index contributed by atoms with van der Waals surface area (Å²) in [5.41, 5.74) is 1.47. The fourth-order valence-electron chi connectivity index (χ4n) is 1.77. The maximum Gasteiger partial charge on any atom is 0.377 e. The molecule has 0 bridgehead atoms. The summed E-state index contributed by atoms with van der Waals surface area (Å²) in [7, 11) is 0. The lowest BCUT2D eigenvalue weighted by molar-refractivity contribution is -0.131. The van der Waals surface area contributed by atoms with E-state index in [1.54, 1.807) is 12.1 Å². The lowest BCUT2D eigenvalue weighted by atomic mass is 9.80. The zero-order chi connectivity index (χ0) is 10.8. The molecule has 0 heterocycles. The van der Waals surface area contributed by atoms with Crippen LogP contribution in [0, 0.1) is 0 Å². The van der Waals surface area contributed by atoms with Gasteiger partial charge in [0.15, 0.2) is 0 Å². The van der Waals surface area contributed by atoms with Crippen LogP contribution in [0.2, 0.25) is 0 Å². The minimum atomic E-state index is -1.40. The molecule has 1 N–H and O–H groups in total. The molecule has 3 nitrogen and oxygen atoms in total. The van der Waals surface area contributed by atoms with Crippen LogP contribution in [-0.4, -0.2) is 16.9 Å². The third kappa shape index (κ3) is 1.91. The predicted octanol–water partition coefficient (Wildman–Crippen LogP) is 2.22. The fraction of sp³-hybridized carbons (Fsp3) is 0.333. The van der Waals surface area contributed by atoms with Crippen LogP contribution < -0.4 is 0 Å². The molecule has 1 aromatic rings. The number of ketones is 1. The predicted molar refractivity (Wildman–Crippen MR) is 55.0 cm³/mol. The van der Waals surface area contributed by atoms with Crippen LogP contribution in [0.3, 0.4) is 0 Å². The highest BCUT2D eigenvalue weighted by Crippen LogP contribution is 2.36. The van der Waals surface area contributed by atoms with E-state index in [9.17, 15) is 9.59 Å². The van der Waals surface area contributed by atoms with E-state index in [0.29, 0.717) is 5.92 Å². The Labute approximate surface area is 87.7 Å². The second-order valence-corrected chi connectivity index (χ2v) is 3.88. The quantitative estimate of drug-likeness (QED) is 0.606. The van der Waals surface area contributed by atoms with Crippen molar-refractivity contribution in [2.24, 2.45) is 0 Å². The van der Waals surface area contributed by atoms with Gasteiger partial charge in [-0.15, -0.1) is 0 Å². The minimum Gasteiger partial charge on any atom is -0.475 e. The van der Waals surface area contributed by atoms with Crippen molar-refractivity contribution in [2.45, 2.75) is 25.2 Å². The Morgan fingerprint density at radius 3 is 2.13 bits per heavy atom. The van der Waals surface area contributed by atoms with E-state index in [1.807, 2.05) is 12.1 Å². The lowest BCUT2D eigenvalue weighted by Crippen LogP contribution is -2.13. The Hall–Kier alpha value is -1.64. The SMILES string of the molecule is O=C(O)C(=O)c1ccc(C2CCC2)cc1. The van der Waals surface area contributed by atoms with Gasteiger partial charge in [0.05, 0.1) is 0 Å². The molecule has 1 aliphatic carbocycles. The molecular weight excluding hydrogens is 192 g/mol. The van der Waals surface area contributed by atoms with Gasteiger partial charge in [0.1, 0.15) is 0 Å². The van der Waals surface area contributed by atoms with Gasteiger partial charge in [-0.25, -0.2) is 4.79 Å². The van der Waals surface area contributed by atoms with Crippen LogP contribution in [0.15, 0.2) is 24.3 Å². The minimum absolute atomic E-state index is 0.255. The zero-order valence-corrected chi connectivity index (χ0v) is 8.27. The monoisotopic (exact) mass is 204 g/mol. The third-order valence-corrected chi connectivity index (χ3v) is 2.94. The van der Waals surface area contributed by atoms with Crippen molar-refractivity contribution in [3.8, 4) is 0 Å². The van der Waals surface area contributed by atoms with E-state index >= 15 is 0 Å². The first-order chi connectivity index (χ1) is 7.18. The number of hydrogen-bond acceptors (Lipinski definition) is 2. The lowest BCUT2D eigenvalue weighted by Gasteiger charge is -2.25. The normalized spacial score (nSPS) is 15.7. The van der Waals surface area contributed by atoms with Crippen molar-refractivity contribution in [3.63, 3.8) is 0 Å². The summed E-state index contributed by atoms with van der Waals surface area (Å²) in [6, 6.07) is 6.92. The Bertz CT molecular complexity index is 388. The van der Waals surface area contributed by atoms with E-state index in [0.717, 1.165) is 0 Å². The van der Waals surface area contributed by atoms with Crippen LogP contribution in [0.4, 0.5) is 0 Å². The number of benzene rings is 1. The van der Waals surface area contributed by atoms with E-state index in [4.69, 9.17) is 5.11 Å². The van der Waals surface area contributed by atoms with Crippen molar-refractivity contribution < 1.29 is 14.7 Å². The Kier molecular flexibility index (Phi) is 2.54. The van der Waals surface area contributed by atoms with Crippen molar-refractivity contribution in [2.75, 3.05) is 0 Å². The molecule has 0 aromatic heterocycles. The van der Waals surface area contributed by atoms with Crippen LogP contribution in [-0.2, 0) is 4.79 Å². The van der Waals surface area contributed by atoms with Gasteiger partial charge in [-0.3, -0.25) is 4.79 Å². The average Bonchev–Trinajstić information content (AvgIpc) is 2.15. The van der Waals surface area contributed by atoms with E-state index in [-0.39, 0.29) is 5.56 Å². The summed E-state index contributed by atoms with van der Waals surface area (Å²) in [4.78, 5) is 21.5. The van der Waals surface area contributed by atoms with Gasteiger partial charge >= 0.3 is 5.97 Å². The molecule has 0 radical (unpaired) electrons. The molecule has 78 valence electrons. The molecule has 0 spiro atoms. The van der Waals surface area contributed by atoms with Gasteiger partial charge in [-0.2, -0.15) is 0 Å². The smallest absolute Gasteiger partial charge is 0.377 e. The topological polar surface area (TPSA) is 54.4 Å². The highest BCUT2D eigenvalue weighted by Gasteiger charge is 2.20. The van der Waals surface area contributed by atoms with E-state index in [1.165, 1.54) is 24.8 Å². The van der Waals surface area contributed by atoms with Crippen molar-refractivity contribution in [1.29, 1.82) is 0 Å². The standard InChI is InChI=1S/C12H12O3/c13-11(12(14)15)10-6-4-9(5-7-10)8-2-1-3-8/h4-8H,1-3H2,(H,14,15). The molecular formula is C12H12O3. The molecule has 0 saturated heterocycles. The van der Waals surface area contributed by atoms with E-state index < -0.39 is 11.8 Å². The van der Waals surface area contributed by atoms with Crippen LogP contribution in [0.1, 0.15) is 41.1 Å². The first-order valence-electron chi connectivity index (χ1n) is 5.06. The number of hydrogen-bond donors (Lipinski definition) is 1. The molecule has 0 aliphatic heterocycles. The Balaban J connectivity index is 2.16. The second kappa shape index (κ2) is 3.85. The van der Waals surface area contributed by atoms with Crippen LogP contribution in [0.5, 0.6) is 0 Å². The molecule has 0 amide bonds. The number of carboxylic acid groups (broad SMARTS) is 1. The summed E-state index contributed by atoms with van der Waals surface area (Å²) in [6.07, 6.45) is 3.67. The largest absolute Gasteiger partial charge is 0.475 e. The van der Waals surface area contributed by atoms with E-state index in [2.05, 4.69) is 0 Å². The van der Waals surface area contributed by atoms with Gasteiger partial charge in [-0.1, -0.05) is 30.7 Å². The fourth-order valence-corrected chi connectivity index (χ4v) is 1.77. The number of carbonyl (C=O) groups is 2. The number of carboxylic acids is 1. The number of aliphatic carboxylic acids is 1. The summed E-state index contributed by atoms with van der Waals surface area (Å²) < 4.78 is 0. The molecule has 0 atom stereocenters. The van der Waals surface area contributed by atoms with Crippen molar-refractivity contribution in [1.82, 2.24) is 0 Å². The van der Waals surface area contributed by atoms with Crippen molar-refractivity contribution in [3.05, 3.63) is 35.4 Å². The molecule has 1 saturated carbocycles. The van der Waals surface area contributed by atoms with Gasteiger partial charge in [0.2, 0.25) is 0 Å². The summed E-state index contributed by atoms with van der Waals surface area (Å²) >= 11 is 0. The molecule has 15 heavy (non-hydrogen) atoms. The van der Waals surface area contributed by atoms with Gasteiger partial charge in [0, 0.05) is 5.56 Å². The van der Waals surface area contributed by atoms with Gasteiger partial charge in [0.25, 0.3) is 5.78 Å². The molecule has 1 aliphatic rings. The Morgan fingerprint density at radius 2 is 1.73 bits per heavy atom. The highest BCUT2D eigenvalue weighted by molar-refractivity contribution is 6.39. The van der Waals surface area contributed by atoms with Crippen molar-refractivity contribution >= 4 is 11.8 Å². The highest BCUT2D eigenvalue weighted by atomic mass is 16.4. The molecule has 2 rings (SSSR count). The van der Waals surface area contributed by atoms with Crippen LogP contribution in [0.25, 0.3) is 0 Å². The van der Waals surface area contributed by atoms with Gasteiger partial charge in [-0.05, 0) is 24.3 Å². The summed E-state index contributed by atoms with van der Waals surface area (Å²) in [5, 5.41) is 8.52. The Morgan fingerprint density at radius 1 is 1.13 bits per heavy atom. The summed E-state index contributed by atoms with van der Waals surface area (Å²) in [5.74, 6) is -1.62. The number of Topliss-reactive ketones (excluding diaryl/α,β-unsaturated/α-hetero) is 1. The first-order valence-corrected chi connectivity index (χ1v) is 5.06. The average molecular weight is 204 g/mol. The van der Waals surface area contributed by atoms with Gasteiger partial charge < -0.3 is 5.11 Å². The number of rotatable bonds is 3. The molecule has 0 unspecified atom stereocenters. The molecule has 1 fully saturated rings. The third-order valence-electron chi connectivity index (χ3n) is 2.94. The summed E-state index contributed by atoms with van der Waals surface area (Å²) in [6.45, 7) is 0. The maximum atomic E-state index is 11.1. The number of carbonyl (C=O) groups excluding carboxylic acids is 1. The van der Waals surface area contributed by atoms with Crippen LogP contribution >= 0.6 is 0 Å². The first kappa shape index (κ1) is 9.90. The molecule has 1 aromatic carbocycles.